The molecule has 0 saturated carbocycles. The number of carboxylic acids is 1. The Balaban J connectivity index is 1.89. The highest BCUT2D eigenvalue weighted by Crippen LogP contribution is 2.13. The topological polar surface area (TPSA) is 78.4 Å². The number of hydrogen-bond acceptors (Lipinski definition) is 3. The highest BCUT2D eigenvalue weighted by molar-refractivity contribution is 6.30. The molecule has 120 valence electrons. The van der Waals surface area contributed by atoms with Crippen LogP contribution in [0.2, 0.25) is 5.02 Å². The summed E-state index contributed by atoms with van der Waals surface area (Å²) in [5, 5.41) is 15.3. The first kappa shape index (κ1) is 17.0. The number of carbonyl (C=O) groups excluding carboxylic acids is 1. The van der Waals surface area contributed by atoms with Gasteiger partial charge in [-0.1, -0.05) is 41.9 Å². The summed E-state index contributed by atoms with van der Waals surface area (Å²) in [6, 6.07) is 15.1. The van der Waals surface area contributed by atoms with Gasteiger partial charge >= 0.3 is 5.97 Å². The van der Waals surface area contributed by atoms with E-state index in [1.807, 2.05) is 30.3 Å². The zero-order valence-corrected chi connectivity index (χ0v) is 13.1. The van der Waals surface area contributed by atoms with Gasteiger partial charge in [-0.15, -0.1) is 0 Å². The van der Waals surface area contributed by atoms with Crippen molar-refractivity contribution in [3.8, 4) is 0 Å². The van der Waals surface area contributed by atoms with E-state index in [2.05, 4.69) is 10.6 Å². The Morgan fingerprint density at radius 2 is 1.70 bits per heavy atom. The van der Waals surface area contributed by atoms with Gasteiger partial charge in [0.15, 0.2) is 0 Å². The van der Waals surface area contributed by atoms with Gasteiger partial charge in [-0.25, -0.2) is 0 Å². The third-order valence-electron chi connectivity index (χ3n) is 3.21. The normalized spacial score (nSPS) is 11.7. The van der Waals surface area contributed by atoms with Crippen LogP contribution in [0.3, 0.4) is 0 Å². The molecule has 3 N–H and O–H groups in total. The fraction of sp³-hybridized carbons (Fsp3) is 0.176. The molecule has 0 fully saturated rings. The lowest BCUT2D eigenvalue weighted by Crippen LogP contribution is -2.39. The third-order valence-corrected chi connectivity index (χ3v) is 3.46. The third kappa shape index (κ3) is 5.73. The van der Waals surface area contributed by atoms with E-state index in [4.69, 9.17) is 11.6 Å². The number of carbonyl (C=O) groups is 2. The van der Waals surface area contributed by atoms with Gasteiger partial charge in [0.05, 0.1) is 6.42 Å². The zero-order chi connectivity index (χ0) is 16.7. The maximum atomic E-state index is 12.0. The summed E-state index contributed by atoms with van der Waals surface area (Å²) in [5.41, 5.74) is 1.53. The number of hydrogen-bond donors (Lipinski definition) is 3. The molecule has 0 aromatic heterocycles. The number of carboxylic acid groups (broad SMARTS) is 1. The number of rotatable bonds is 7. The van der Waals surface area contributed by atoms with E-state index in [-0.39, 0.29) is 12.3 Å². The number of anilines is 1. The number of nitrogens with one attached hydrogen (secondary N) is 2. The van der Waals surface area contributed by atoms with Gasteiger partial charge in [0.25, 0.3) is 0 Å². The highest BCUT2D eigenvalue weighted by atomic mass is 35.5. The van der Waals surface area contributed by atoms with Crippen LogP contribution in [0.1, 0.15) is 12.0 Å². The molecule has 0 heterocycles. The van der Waals surface area contributed by atoms with Crippen molar-refractivity contribution in [1.82, 2.24) is 5.32 Å². The van der Waals surface area contributed by atoms with E-state index in [1.165, 1.54) is 0 Å². The van der Waals surface area contributed by atoms with Crippen LogP contribution in [-0.2, 0) is 16.1 Å². The quantitative estimate of drug-likeness (QED) is 0.728. The van der Waals surface area contributed by atoms with Crippen LogP contribution < -0.4 is 10.6 Å². The Bertz CT molecular complexity index is 659. The maximum Gasteiger partial charge on any atom is 0.321 e. The molecule has 0 saturated heterocycles. The maximum absolute atomic E-state index is 12.0. The van der Waals surface area contributed by atoms with Crippen molar-refractivity contribution in [1.29, 1.82) is 0 Å². The Hall–Kier alpha value is -2.37. The van der Waals surface area contributed by atoms with Crippen molar-refractivity contribution < 1.29 is 14.7 Å². The lowest BCUT2D eigenvalue weighted by molar-refractivity contribution is -0.141. The molecule has 5 nitrogen and oxygen atoms in total. The summed E-state index contributed by atoms with van der Waals surface area (Å²) < 4.78 is 0. The molecule has 0 spiro atoms. The van der Waals surface area contributed by atoms with Gasteiger partial charge in [0, 0.05) is 17.3 Å². The second-order valence-electron chi connectivity index (χ2n) is 5.02. The molecule has 0 bridgehead atoms. The van der Waals surface area contributed by atoms with Crippen LogP contribution in [0.15, 0.2) is 54.6 Å². The summed E-state index contributed by atoms with van der Waals surface area (Å²) in [7, 11) is 0. The van der Waals surface area contributed by atoms with Crippen molar-refractivity contribution in [2.24, 2.45) is 0 Å². The van der Waals surface area contributed by atoms with Crippen molar-refractivity contribution in [2.45, 2.75) is 19.0 Å². The SMILES string of the molecule is O=C(CC(NCc1ccccc1)C(=O)O)Nc1ccc(Cl)cc1. The van der Waals surface area contributed by atoms with E-state index in [9.17, 15) is 14.7 Å². The smallest absolute Gasteiger partial charge is 0.321 e. The molecule has 23 heavy (non-hydrogen) atoms. The van der Waals surface area contributed by atoms with E-state index in [1.54, 1.807) is 24.3 Å². The number of aliphatic carboxylic acids is 1. The fourth-order valence-corrected chi connectivity index (χ4v) is 2.14. The van der Waals surface area contributed by atoms with Crippen molar-refractivity contribution >= 4 is 29.2 Å². The van der Waals surface area contributed by atoms with E-state index in [0.717, 1.165) is 5.56 Å². The van der Waals surface area contributed by atoms with E-state index < -0.39 is 12.0 Å². The summed E-state index contributed by atoms with van der Waals surface area (Å²) in [6.07, 6.45) is -0.162. The summed E-state index contributed by atoms with van der Waals surface area (Å²) in [6.45, 7) is 0.381. The molecular weight excluding hydrogens is 316 g/mol. The van der Waals surface area contributed by atoms with Crippen LogP contribution in [0.4, 0.5) is 5.69 Å². The summed E-state index contributed by atoms with van der Waals surface area (Å²) in [5.74, 6) is -1.44. The zero-order valence-electron chi connectivity index (χ0n) is 12.3. The molecule has 0 aliphatic rings. The van der Waals surface area contributed by atoms with Crippen LogP contribution in [0.25, 0.3) is 0 Å². The Kier molecular flexibility index (Phi) is 6.14. The highest BCUT2D eigenvalue weighted by Gasteiger charge is 2.20. The van der Waals surface area contributed by atoms with Gasteiger partial charge in [-0.3, -0.25) is 14.9 Å². The first-order valence-electron chi connectivity index (χ1n) is 7.10. The minimum absolute atomic E-state index is 0.162. The average molecular weight is 333 g/mol. The second kappa shape index (κ2) is 8.31. The Labute approximate surface area is 139 Å². The van der Waals surface area contributed by atoms with E-state index >= 15 is 0 Å². The predicted octanol–water partition coefficient (Wildman–Crippen LogP) is 2.91. The Morgan fingerprint density at radius 3 is 2.30 bits per heavy atom. The molecular formula is C17H17ClN2O3. The number of amides is 1. The molecule has 6 heteroatoms. The van der Waals surface area contributed by atoms with Crippen molar-refractivity contribution in [3.05, 3.63) is 65.2 Å². The van der Waals surface area contributed by atoms with E-state index in [0.29, 0.717) is 17.3 Å². The Morgan fingerprint density at radius 1 is 1.04 bits per heavy atom. The molecule has 1 atom stereocenters. The van der Waals surface area contributed by atoms with Crippen molar-refractivity contribution in [3.63, 3.8) is 0 Å². The lowest BCUT2D eigenvalue weighted by Gasteiger charge is -2.14. The van der Waals surface area contributed by atoms with Crippen LogP contribution in [0, 0.1) is 0 Å². The van der Waals surface area contributed by atoms with Gasteiger partial charge < -0.3 is 10.4 Å². The molecule has 1 unspecified atom stereocenters. The van der Waals surface area contributed by atoms with Gasteiger partial charge in [-0.05, 0) is 29.8 Å². The fourth-order valence-electron chi connectivity index (χ4n) is 2.01. The summed E-state index contributed by atoms with van der Waals surface area (Å²) >= 11 is 5.77. The van der Waals surface area contributed by atoms with Gasteiger partial charge in [0.2, 0.25) is 5.91 Å². The molecule has 1 amide bonds. The minimum atomic E-state index is -1.06. The molecule has 0 radical (unpaired) electrons. The van der Waals surface area contributed by atoms with Crippen LogP contribution in [-0.4, -0.2) is 23.0 Å². The molecule has 0 aliphatic carbocycles. The lowest BCUT2D eigenvalue weighted by atomic mass is 10.1. The molecule has 2 rings (SSSR count). The second-order valence-corrected chi connectivity index (χ2v) is 5.45. The molecule has 0 aliphatic heterocycles. The number of halogens is 1. The standard InChI is InChI=1S/C17H17ClN2O3/c18-13-6-8-14(9-7-13)20-16(21)10-15(17(22)23)19-11-12-4-2-1-3-5-12/h1-9,15,19H,10-11H2,(H,20,21)(H,22,23). The van der Waals surface area contributed by atoms with Gasteiger partial charge in [0.1, 0.15) is 6.04 Å². The number of benzene rings is 2. The van der Waals surface area contributed by atoms with Crippen molar-refractivity contribution in [2.75, 3.05) is 5.32 Å². The predicted molar refractivity (Wildman–Crippen MR) is 89.4 cm³/mol. The minimum Gasteiger partial charge on any atom is -0.480 e. The molecule has 2 aromatic carbocycles. The molecule has 2 aromatic rings. The van der Waals surface area contributed by atoms with Crippen LogP contribution in [0.5, 0.6) is 0 Å². The average Bonchev–Trinajstić information content (AvgIpc) is 2.54. The van der Waals surface area contributed by atoms with Gasteiger partial charge in [-0.2, -0.15) is 0 Å². The first-order valence-corrected chi connectivity index (χ1v) is 7.48. The first-order chi connectivity index (χ1) is 11.0. The summed E-state index contributed by atoms with van der Waals surface area (Å²) in [4.78, 5) is 23.3. The monoisotopic (exact) mass is 332 g/mol. The van der Waals surface area contributed by atoms with Crippen LogP contribution >= 0.6 is 11.6 Å². The largest absolute Gasteiger partial charge is 0.480 e.